The van der Waals surface area contributed by atoms with Gasteiger partial charge in [0.15, 0.2) is 5.65 Å². The Balaban J connectivity index is 1.82. The molecule has 0 radical (unpaired) electrons. The van der Waals surface area contributed by atoms with Gasteiger partial charge >= 0.3 is 0 Å². The zero-order valence-corrected chi connectivity index (χ0v) is 16.1. The number of fused-ring (bicyclic) bond motifs is 1. The molecule has 1 N–H and O–H groups in total. The summed E-state index contributed by atoms with van der Waals surface area (Å²) < 4.78 is 11.8. The van der Waals surface area contributed by atoms with Crippen LogP contribution in [0.4, 0.5) is 5.95 Å². The minimum absolute atomic E-state index is 0.532. The van der Waals surface area contributed by atoms with E-state index in [0.29, 0.717) is 36.5 Å². The summed E-state index contributed by atoms with van der Waals surface area (Å²) in [6.45, 7) is 4.92. The Morgan fingerprint density at radius 2 is 2.04 bits per heavy atom. The average Bonchev–Trinajstić information content (AvgIpc) is 3.06. The monoisotopic (exact) mass is 452 g/mol. The van der Waals surface area contributed by atoms with Crippen LogP contribution >= 0.6 is 22.6 Å². The van der Waals surface area contributed by atoms with Crippen LogP contribution in [0.3, 0.4) is 0 Å². The summed E-state index contributed by atoms with van der Waals surface area (Å²) in [5.41, 5.74) is 3.17. The van der Waals surface area contributed by atoms with Crippen LogP contribution in [0.25, 0.3) is 22.6 Å². The van der Waals surface area contributed by atoms with E-state index in [4.69, 9.17) is 9.47 Å². The Morgan fingerprint density at radius 3 is 2.80 bits per heavy atom. The van der Waals surface area contributed by atoms with E-state index in [1.807, 2.05) is 13.0 Å². The second-order valence-corrected chi connectivity index (χ2v) is 6.83. The molecule has 9 heteroatoms. The molecule has 8 nitrogen and oxygen atoms in total. The molecular weight excluding hydrogens is 435 g/mol. The first kappa shape index (κ1) is 16.5. The molecule has 130 valence electrons. The molecule has 1 aliphatic heterocycles. The molecule has 3 aromatic heterocycles. The number of rotatable bonds is 3. The van der Waals surface area contributed by atoms with Crippen molar-refractivity contribution < 1.29 is 9.47 Å². The maximum absolute atomic E-state index is 5.40. The van der Waals surface area contributed by atoms with E-state index in [-0.39, 0.29) is 0 Å². The van der Waals surface area contributed by atoms with Gasteiger partial charge in [-0.25, -0.2) is 15.0 Å². The number of anilines is 1. The Hall–Kier alpha value is -2.01. The summed E-state index contributed by atoms with van der Waals surface area (Å²) in [5, 5.41) is 0. The number of aromatic amines is 1. The summed E-state index contributed by atoms with van der Waals surface area (Å²) in [6.07, 6.45) is 1.72. The fourth-order valence-electron chi connectivity index (χ4n) is 2.84. The first-order chi connectivity index (χ1) is 12.2. The number of aromatic nitrogens is 5. The highest BCUT2D eigenvalue weighted by Crippen LogP contribution is 2.32. The molecule has 0 aromatic carbocycles. The molecule has 1 fully saturated rings. The maximum Gasteiger partial charge on any atom is 0.227 e. The lowest BCUT2D eigenvalue weighted by Crippen LogP contribution is -2.37. The number of aryl methyl sites for hydroxylation is 1. The van der Waals surface area contributed by atoms with Gasteiger partial charge in [0.2, 0.25) is 11.8 Å². The summed E-state index contributed by atoms with van der Waals surface area (Å²) in [7, 11) is 1.60. The molecule has 1 aliphatic rings. The van der Waals surface area contributed by atoms with Crippen molar-refractivity contribution in [3.8, 4) is 17.3 Å². The zero-order chi connectivity index (χ0) is 17.4. The minimum Gasteiger partial charge on any atom is -0.480 e. The quantitative estimate of drug-likeness (QED) is 0.610. The number of nitrogens with zero attached hydrogens (tertiary/aromatic N) is 5. The lowest BCUT2D eigenvalue weighted by atomic mass is 10.2. The van der Waals surface area contributed by atoms with Gasteiger partial charge in [-0.05, 0) is 35.6 Å². The van der Waals surface area contributed by atoms with E-state index >= 15 is 0 Å². The zero-order valence-electron chi connectivity index (χ0n) is 13.9. The van der Waals surface area contributed by atoms with Crippen molar-refractivity contribution in [1.29, 1.82) is 0 Å². The smallest absolute Gasteiger partial charge is 0.227 e. The van der Waals surface area contributed by atoms with Gasteiger partial charge in [0.1, 0.15) is 11.3 Å². The molecule has 0 saturated carbocycles. The van der Waals surface area contributed by atoms with Crippen molar-refractivity contribution in [2.45, 2.75) is 6.92 Å². The molecule has 25 heavy (non-hydrogen) atoms. The average molecular weight is 452 g/mol. The number of nitrogens with one attached hydrogen (secondary N) is 1. The van der Waals surface area contributed by atoms with Crippen LogP contribution < -0.4 is 9.64 Å². The minimum atomic E-state index is 0.532. The standard InChI is InChI=1S/C16H17IN6O2/c1-9-12-14(22-16(19-9)23-5-7-25-8-6-23)21-13(20-12)11-10(17)3-4-18-15(11)24-2/h3-4H,5-8H2,1-2H3,(H,19,20,21,22). The normalized spacial score (nSPS) is 14.9. The van der Waals surface area contributed by atoms with Gasteiger partial charge in [0, 0.05) is 22.9 Å². The van der Waals surface area contributed by atoms with E-state index < -0.39 is 0 Å². The summed E-state index contributed by atoms with van der Waals surface area (Å²) in [4.78, 5) is 23.7. The number of imidazole rings is 1. The number of hydrogen-bond donors (Lipinski definition) is 1. The molecular formula is C16H17IN6O2. The highest BCUT2D eigenvalue weighted by molar-refractivity contribution is 14.1. The van der Waals surface area contributed by atoms with Gasteiger partial charge in [-0.1, -0.05) is 0 Å². The summed E-state index contributed by atoms with van der Waals surface area (Å²) >= 11 is 2.25. The lowest BCUT2D eigenvalue weighted by Gasteiger charge is -2.26. The van der Waals surface area contributed by atoms with Crippen LogP contribution in [0.1, 0.15) is 5.69 Å². The van der Waals surface area contributed by atoms with Crippen LogP contribution in [0.2, 0.25) is 0 Å². The Bertz CT molecular complexity index is 922. The SMILES string of the molecule is COc1nccc(I)c1-c1nc2nc(N3CCOCC3)nc(C)c2[nH]1. The Morgan fingerprint density at radius 1 is 1.24 bits per heavy atom. The van der Waals surface area contributed by atoms with Crippen LogP contribution in [0.5, 0.6) is 5.88 Å². The first-order valence-electron chi connectivity index (χ1n) is 7.93. The topological polar surface area (TPSA) is 89.1 Å². The number of hydrogen-bond acceptors (Lipinski definition) is 7. The maximum atomic E-state index is 5.40. The van der Waals surface area contributed by atoms with Crippen molar-refractivity contribution in [1.82, 2.24) is 24.9 Å². The number of pyridine rings is 1. The second-order valence-electron chi connectivity index (χ2n) is 5.67. The number of morpholine rings is 1. The van der Waals surface area contributed by atoms with Gasteiger partial charge < -0.3 is 19.4 Å². The second kappa shape index (κ2) is 6.71. The van der Waals surface area contributed by atoms with Crippen LogP contribution in [-0.2, 0) is 4.74 Å². The number of methoxy groups -OCH3 is 1. The number of ether oxygens (including phenoxy) is 2. The van der Waals surface area contributed by atoms with Gasteiger partial charge in [0.05, 0.1) is 31.6 Å². The van der Waals surface area contributed by atoms with Crippen molar-refractivity contribution in [2.75, 3.05) is 38.3 Å². The third-order valence-corrected chi connectivity index (χ3v) is 5.01. The van der Waals surface area contributed by atoms with Gasteiger partial charge in [0.25, 0.3) is 0 Å². The van der Waals surface area contributed by atoms with Crippen molar-refractivity contribution in [3.05, 3.63) is 21.5 Å². The van der Waals surface area contributed by atoms with Gasteiger partial charge in [-0.3, -0.25) is 0 Å². The fraction of sp³-hybridized carbons (Fsp3) is 0.375. The predicted molar refractivity (Wildman–Crippen MR) is 102 cm³/mol. The number of halogens is 1. The van der Waals surface area contributed by atoms with Crippen molar-refractivity contribution in [2.24, 2.45) is 0 Å². The number of H-pyrrole nitrogens is 1. The fourth-order valence-corrected chi connectivity index (χ4v) is 3.48. The third-order valence-electron chi connectivity index (χ3n) is 4.11. The first-order valence-corrected chi connectivity index (χ1v) is 9.01. The van der Waals surface area contributed by atoms with Crippen molar-refractivity contribution in [3.63, 3.8) is 0 Å². The van der Waals surface area contributed by atoms with Gasteiger partial charge in [-0.2, -0.15) is 4.98 Å². The largest absolute Gasteiger partial charge is 0.480 e. The molecule has 4 heterocycles. The van der Waals surface area contributed by atoms with E-state index in [9.17, 15) is 0 Å². The molecule has 0 bridgehead atoms. The van der Waals surface area contributed by atoms with Crippen LogP contribution in [0, 0.1) is 10.5 Å². The van der Waals surface area contributed by atoms with Crippen molar-refractivity contribution >= 4 is 39.7 Å². The Kier molecular flexibility index (Phi) is 4.42. The predicted octanol–water partition coefficient (Wildman–Crippen LogP) is 2.17. The van der Waals surface area contributed by atoms with E-state index in [1.54, 1.807) is 13.3 Å². The van der Waals surface area contributed by atoms with Crippen LogP contribution in [-0.4, -0.2) is 58.3 Å². The molecule has 0 atom stereocenters. The molecule has 1 saturated heterocycles. The summed E-state index contributed by atoms with van der Waals surface area (Å²) in [6, 6.07) is 1.92. The van der Waals surface area contributed by atoms with E-state index in [1.165, 1.54) is 0 Å². The highest BCUT2D eigenvalue weighted by atomic mass is 127. The molecule has 0 amide bonds. The van der Waals surface area contributed by atoms with E-state index in [0.717, 1.165) is 33.4 Å². The molecule has 0 aliphatic carbocycles. The molecule has 0 unspecified atom stereocenters. The Labute approximate surface area is 158 Å². The molecule has 0 spiro atoms. The van der Waals surface area contributed by atoms with Gasteiger partial charge in [-0.15, -0.1) is 0 Å². The van der Waals surface area contributed by atoms with Crippen LogP contribution in [0.15, 0.2) is 12.3 Å². The highest BCUT2D eigenvalue weighted by Gasteiger charge is 2.20. The third kappa shape index (κ3) is 3.01. The lowest BCUT2D eigenvalue weighted by molar-refractivity contribution is 0.122. The molecule has 4 rings (SSSR count). The molecule has 3 aromatic rings. The summed E-state index contributed by atoms with van der Waals surface area (Å²) in [5.74, 6) is 1.91. The van der Waals surface area contributed by atoms with E-state index in [2.05, 4.69) is 52.4 Å².